The number of hydrogen-bond acceptors (Lipinski definition) is 4. The van der Waals surface area contributed by atoms with Crippen molar-refractivity contribution in [1.82, 2.24) is 9.38 Å². The third kappa shape index (κ3) is 2.16. The first-order chi connectivity index (χ1) is 9.31. The van der Waals surface area contributed by atoms with Crippen molar-refractivity contribution in [2.24, 2.45) is 0 Å². The molecule has 6 heteroatoms. The van der Waals surface area contributed by atoms with Crippen LogP contribution in [0.15, 0.2) is 35.8 Å². The van der Waals surface area contributed by atoms with Crippen molar-refractivity contribution in [3.05, 3.63) is 47.1 Å². The van der Waals surface area contributed by atoms with Crippen LogP contribution in [0.1, 0.15) is 11.3 Å². The van der Waals surface area contributed by atoms with Crippen LogP contribution in [-0.2, 0) is 5.88 Å². The molecule has 0 aliphatic carbocycles. The molecule has 94 valence electrons. The molecule has 0 amide bonds. The average Bonchev–Trinajstić information content (AvgIpc) is 3.00. The van der Waals surface area contributed by atoms with Crippen LogP contribution in [0.25, 0.3) is 4.96 Å². The third-order valence-electron chi connectivity index (χ3n) is 2.65. The van der Waals surface area contributed by atoms with Crippen LogP contribution >= 0.6 is 22.9 Å². The van der Waals surface area contributed by atoms with E-state index in [-0.39, 0.29) is 0 Å². The molecule has 0 N–H and O–H groups in total. The minimum absolute atomic E-state index is 0.323. The summed E-state index contributed by atoms with van der Waals surface area (Å²) in [6.07, 6.45) is 1.91. The number of halogens is 1. The number of benzene rings is 1. The molecular weight excluding hydrogens is 282 g/mol. The van der Waals surface area contributed by atoms with Gasteiger partial charge in [0, 0.05) is 11.6 Å². The van der Waals surface area contributed by atoms with Crippen molar-refractivity contribution in [1.29, 1.82) is 5.26 Å². The van der Waals surface area contributed by atoms with Gasteiger partial charge in [0.2, 0.25) is 5.88 Å². The maximum Gasteiger partial charge on any atom is 0.243 e. The van der Waals surface area contributed by atoms with E-state index in [0.29, 0.717) is 23.1 Å². The molecule has 0 radical (unpaired) electrons. The van der Waals surface area contributed by atoms with Crippen LogP contribution in [0.4, 0.5) is 0 Å². The van der Waals surface area contributed by atoms with E-state index in [9.17, 15) is 0 Å². The summed E-state index contributed by atoms with van der Waals surface area (Å²) in [6, 6.07) is 8.95. The SMILES string of the molecule is N#Cc1ccc(Oc2nc3sccn3c2CCl)cc1. The van der Waals surface area contributed by atoms with Gasteiger partial charge in [0.1, 0.15) is 11.4 Å². The molecule has 3 aromatic rings. The van der Waals surface area contributed by atoms with Gasteiger partial charge in [0.15, 0.2) is 4.96 Å². The number of rotatable bonds is 3. The first-order valence-corrected chi connectivity index (χ1v) is 6.91. The van der Waals surface area contributed by atoms with E-state index >= 15 is 0 Å². The number of fused-ring (bicyclic) bond motifs is 1. The summed E-state index contributed by atoms with van der Waals surface area (Å²) >= 11 is 7.47. The van der Waals surface area contributed by atoms with Gasteiger partial charge in [0.25, 0.3) is 0 Å². The van der Waals surface area contributed by atoms with Gasteiger partial charge in [-0.3, -0.25) is 4.40 Å². The highest BCUT2D eigenvalue weighted by Gasteiger charge is 2.14. The lowest BCUT2D eigenvalue weighted by molar-refractivity contribution is 0.461. The van der Waals surface area contributed by atoms with E-state index in [1.807, 2.05) is 16.0 Å². The van der Waals surface area contributed by atoms with Crippen LogP contribution in [0.2, 0.25) is 0 Å². The standard InChI is InChI=1S/C13H8ClN3OS/c14-7-11-12(16-13-17(11)5-6-19-13)18-10-3-1-9(8-15)2-4-10/h1-6H,7H2. The van der Waals surface area contributed by atoms with E-state index in [4.69, 9.17) is 21.6 Å². The van der Waals surface area contributed by atoms with Crippen LogP contribution in [0, 0.1) is 11.3 Å². The van der Waals surface area contributed by atoms with Gasteiger partial charge in [-0.25, -0.2) is 0 Å². The Morgan fingerprint density at radius 3 is 2.84 bits per heavy atom. The molecule has 3 rings (SSSR count). The second-order valence-corrected chi connectivity index (χ2v) is 4.93. The van der Waals surface area contributed by atoms with E-state index in [0.717, 1.165) is 10.7 Å². The molecular formula is C13H8ClN3OS. The van der Waals surface area contributed by atoms with Crippen molar-refractivity contribution in [3.63, 3.8) is 0 Å². The predicted octanol–water partition coefficient (Wildman–Crippen LogP) is 3.80. The Labute approximate surface area is 118 Å². The molecule has 0 aliphatic rings. The van der Waals surface area contributed by atoms with Gasteiger partial charge in [-0.15, -0.1) is 22.9 Å². The lowest BCUT2D eigenvalue weighted by Crippen LogP contribution is -1.91. The van der Waals surface area contributed by atoms with E-state index in [1.54, 1.807) is 24.3 Å². The summed E-state index contributed by atoms with van der Waals surface area (Å²) in [5.41, 5.74) is 1.41. The minimum atomic E-state index is 0.323. The molecule has 0 atom stereocenters. The van der Waals surface area contributed by atoms with Crippen molar-refractivity contribution in [2.75, 3.05) is 0 Å². The number of imidazole rings is 1. The number of thiazole rings is 1. The van der Waals surface area contributed by atoms with Crippen LogP contribution < -0.4 is 4.74 Å². The fourth-order valence-corrected chi connectivity index (χ4v) is 2.69. The number of aromatic nitrogens is 2. The number of hydrogen-bond donors (Lipinski definition) is 0. The van der Waals surface area contributed by atoms with Crippen LogP contribution in [-0.4, -0.2) is 9.38 Å². The monoisotopic (exact) mass is 289 g/mol. The normalized spacial score (nSPS) is 10.5. The van der Waals surface area contributed by atoms with Crippen molar-refractivity contribution >= 4 is 27.9 Å². The summed E-state index contributed by atoms with van der Waals surface area (Å²) in [4.78, 5) is 5.24. The lowest BCUT2D eigenvalue weighted by atomic mass is 10.2. The molecule has 19 heavy (non-hydrogen) atoms. The fraction of sp³-hybridized carbons (Fsp3) is 0.0769. The maximum absolute atomic E-state index is 8.75. The number of nitrogens with zero attached hydrogens (tertiary/aromatic N) is 3. The second kappa shape index (κ2) is 4.92. The molecule has 1 aromatic carbocycles. The average molecular weight is 290 g/mol. The summed E-state index contributed by atoms with van der Waals surface area (Å²) in [5.74, 6) is 1.46. The Morgan fingerprint density at radius 2 is 2.16 bits per heavy atom. The van der Waals surface area contributed by atoms with Gasteiger partial charge < -0.3 is 4.74 Å². The zero-order chi connectivity index (χ0) is 13.2. The zero-order valence-electron chi connectivity index (χ0n) is 9.71. The van der Waals surface area contributed by atoms with Gasteiger partial charge in [-0.05, 0) is 24.3 Å². The van der Waals surface area contributed by atoms with Crippen molar-refractivity contribution in [3.8, 4) is 17.7 Å². The highest BCUT2D eigenvalue weighted by Crippen LogP contribution is 2.29. The van der Waals surface area contributed by atoms with Crippen molar-refractivity contribution in [2.45, 2.75) is 5.88 Å². The summed E-state index contributed by atoms with van der Waals surface area (Å²) in [5, 5.41) is 10.7. The van der Waals surface area contributed by atoms with E-state index in [2.05, 4.69) is 11.1 Å². The summed E-state index contributed by atoms with van der Waals surface area (Å²) in [7, 11) is 0. The van der Waals surface area contributed by atoms with E-state index < -0.39 is 0 Å². The molecule has 0 unspecified atom stereocenters. The smallest absolute Gasteiger partial charge is 0.243 e. The number of nitriles is 1. The quantitative estimate of drug-likeness (QED) is 0.689. The van der Waals surface area contributed by atoms with Gasteiger partial charge >= 0.3 is 0 Å². The molecule has 2 aromatic heterocycles. The van der Waals surface area contributed by atoms with Crippen LogP contribution in [0.5, 0.6) is 11.6 Å². The molecule has 0 fully saturated rings. The molecule has 4 nitrogen and oxygen atoms in total. The third-order valence-corrected chi connectivity index (χ3v) is 3.66. The van der Waals surface area contributed by atoms with Gasteiger partial charge in [-0.2, -0.15) is 10.2 Å². The summed E-state index contributed by atoms with van der Waals surface area (Å²) in [6.45, 7) is 0. The minimum Gasteiger partial charge on any atom is -0.437 e. The van der Waals surface area contributed by atoms with Crippen molar-refractivity contribution < 1.29 is 4.74 Å². The largest absolute Gasteiger partial charge is 0.437 e. The topological polar surface area (TPSA) is 50.3 Å². The molecule has 0 saturated carbocycles. The second-order valence-electron chi connectivity index (χ2n) is 3.79. The highest BCUT2D eigenvalue weighted by atomic mass is 35.5. The Kier molecular flexibility index (Phi) is 3.11. The zero-order valence-corrected chi connectivity index (χ0v) is 11.3. The Bertz CT molecular complexity index is 754. The Balaban J connectivity index is 1.95. The van der Waals surface area contributed by atoms with E-state index in [1.165, 1.54) is 11.3 Å². The molecule has 0 spiro atoms. The molecule has 0 bridgehead atoms. The highest BCUT2D eigenvalue weighted by molar-refractivity contribution is 7.15. The fourth-order valence-electron chi connectivity index (χ4n) is 1.73. The predicted molar refractivity (Wildman–Crippen MR) is 73.9 cm³/mol. The number of alkyl halides is 1. The summed E-state index contributed by atoms with van der Waals surface area (Å²) < 4.78 is 7.64. The molecule has 0 aliphatic heterocycles. The number of ether oxygens (including phenoxy) is 1. The maximum atomic E-state index is 8.75. The first kappa shape index (κ1) is 12.0. The Morgan fingerprint density at radius 1 is 1.37 bits per heavy atom. The van der Waals surface area contributed by atoms with Crippen LogP contribution in [0.3, 0.4) is 0 Å². The Hall–Kier alpha value is -2.03. The van der Waals surface area contributed by atoms with Gasteiger partial charge in [-0.1, -0.05) is 0 Å². The molecule has 0 saturated heterocycles. The first-order valence-electron chi connectivity index (χ1n) is 5.50. The lowest BCUT2D eigenvalue weighted by Gasteiger charge is -2.04. The molecule has 2 heterocycles. The van der Waals surface area contributed by atoms with Gasteiger partial charge in [0.05, 0.1) is 17.5 Å².